The van der Waals surface area contributed by atoms with Gasteiger partial charge in [-0.25, -0.2) is 4.98 Å². The van der Waals surface area contributed by atoms with Crippen molar-refractivity contribution < 1.29 is 0 Å². The van der Waals surface area contributed by atoms with Gasteiger partial charge in [0.1, 0.15) is 6.07 Å². The molecular formula is C26H20N4OS. The first-order valence-electron chi connectivity index (χ1n) is 10.3. The van der Waals surface area contributed by atoms with Crippen molar-refractivity contribution in [1.29, 1.82) is 5.26 Å². The second kappa shape index (κ2) is 8.37. The Kier molecular flexibility index (Phi) is 5.26. The normalized spacial score (nSPS) is 12.1. The molecule has 0 saturated carbocycles. The molecule has 5 aromatic rings. The number of para-hydroxylation sites is 1. The molecule has 0 N–H and O–H groups in total. The van der Waals surface area contributed by atoms with Gasteiger partial charge in [-0.15, -0.1) is 0 Å². The fraction of sp³-hybridized carbons (Fsp3) is 0.115. The minimum absolute atomic E-state index is 0.0583. The number of hydrogen-bond donors (Lipinski definition) is 0. The van der Waals surface area contributed by atoms with Crippen LogP contribution in [0.5, 0.6) is 0 Å². The average Bonchev–Trinajstić information content (AvgIpc) is 3.20. The van der Waals surface area contributed by atoms with Crippen LogP contribution in [0.3, 0.4) is 0 Å². The minimum Gasteiger partial charge on any atom is -0.322 e. The fourth-order valence-electron chi connectivity index (χ4n) is 4.01. The highest BCUT2D eigenvalue weighted by molar-refractivity contribution is 7.98. The third-order valence-electron chi connectivity index (χ3n) is 5.68. The van der Waals surface area contributed by atoms with Crippen molar-refractivity contribution in [2.45, 2.75) is 23.9 Å². The van der Waals surface area contributed by atoms with Gasteiger partial charge in [-0.05, 0) is 42.3 Å². The van der Waals surface area contributed by atoms with Gasteiger partial charge in [-0.3, -0.25) is 9.36 Å². The van der Waals surface area contributed by atoms with E-state index in [4.69, 9.17) is 4.98 Å². The van der Waals surface area contributed by atoms with Crippen molar-refractivity contribution in [2.75, 3.05) is 0 Å². The summed E-state index contributed by atoms with van der Waals surface area (Å²) in [7, 11) is 0. The second-order valence-corrected chi connectivity index (χ2v) is 8.54. The lowest BCUT2D eigenvalue weighted by Crippen LogP contribution is -2.27. The lowest BCUT2D eigenvalue weighted by Gasteiger charge is -2.20. The van der Waals surface area contributed by atoms with Crippen LogP contribution in [0.15, 0.2) is 95.1 Å². The van der Waals surface area contributed by atoms with Crippen LogP contribution in [0.25, 0.3) is 16.4 Å². The van der Waals surface area contributed by atoms with Crippen LogP contribution in [0.2, 0.25) is 0 Å². The van der Waals surface area contributed by atoms with Crippen LogP contribution >= 0.6 is 11.8 Å². The molecule has 6 heteroatoms. The highest BCUT2D eigenvalue weighted by Crippen LogP contribution is 2.29. The maximum absolute atomic E-state index is 13.5. The molecule has 0 spiro atoms. The average molecular weight is 437 g/mol. The standard InChI is InChI=1S/C26H20N4OS/c1-18(19-9-3-2-4-10-19)30-25(31)21-11-5-6-12-23(21)28-26(30)32-17-20-16-29-14-8-7-13-24(29)22(20)15-27/h2-14,16,18H,17H2,1H3. The summed E-state index contributed by atoms with van der Waals surface area (Å²) < 4.78 is 3.73. The van der Waals surface area contributed by atoms with Gasteiger partial charge in [0.15, 0.2) is 5.16 Å². The molecule has 5 rings (SSSR count). The largest absolute Gasteiger partial charge is 0.322 e. The molecule has 0 aliphatic carbocycles. The number of thioether (sulfide) groups is 1. The van der Waals surface area contributed by atoms with E-state index in [2.05, 4.69) is 6.07 Å². The topological polar surface area (TPSA) is 63.1 Å². The molecule has 0 fully saturated rings. The van der Waals surface area contributed by atoms with E-state index in [1.807, 2.05) is 96.5 Å². The predicted molar refractivity (Wildman–Crippen MR) is 128 cm³/mol. The first-order chi connectivity index (χ1) is 15.7. The lowest BCUT2D eigenvalue weighted by molar-refractivity contribution is 0.548. The molecule has 156 valence electrons. The van der Waals surface area contributed by atoms with Gasteiger partial charge in [0.2, 0.25) is 0 Å². The summed E-state index contributed by atoms with van der Waals surface area (Å²) in [4.78, 5) is 18.3. The smallest absolute Gasteiger partial charge is 0.262 e. The quantitative estimate of drug-likeness (QED) is 0.272. The van der Waals surface area contributed by atoms with E-state index >= 15 is 0 Å². The Bertz CT molecular complexity index is 1530. The molecule has 0 aliphatic rings. The summed E-state index contributed by atoms with van der Waals surface area (Å²) in [6.07, 6.45) is 3.91. The molecule has 0 aliphatic heterocycles. The molecule has 0 saturated heterocycles. The molecule has 2 aromatic carbocycles. The Morgan fingerprint density at radius 2 is 1.78 bits per heavy atom. The van der Waals surface area contributed by atoms with Crippen molar-refractivity contribution in [2.24, 2.45) is 0 Å². The summed E-state index contributed by atoms with van der Waals surface area (Å²) >= 11 is 1.48. The zero-order valence-corrected chi connectivity index (χ0v) is 18.3. The Balaban J connectivity index is 1.61. The van der Waals surface area contributed by atoms with Gasteiger partial charge >= 0.3 is 0 Å². The molecular weight excluding hydrogens is 416 g/mol. The summed E-state index contributed by atoms with van der Waals surface area (Å²) in [5.74, 6) is 0.539. The van der Waals surface area contributed by atoms with Crippen molar-refractivity contribution in [3.05, 3.63) is 112 Å². The molecule has 1 atom stereocenters. The Hall–Kier alpha value is -3.82. The zero-order chi connectivity index (χ0) is 22.1. The summed E-state index contributed by atoms with van der Waals surface area (Å²) in [6.45, 7) is 2.02. The maximum atomic E-state index is 13.5. The van der Waals surface area contributed by atoms with Crippen LogP contribution in [0, 0.1) is 11.3 Å². The van der Waals surface area contributed by atoms with Crippen LogP contribution in [0.4, 0.5) is 0 Å². The van der Waals surface area contributed by atoms with Gasteiger partial charge in [-0.2, -0.15) is 5.26 Å². The number of benzene rings is 2. The molecule has 3 aromatic heterocycles. The Labute approximate surface area is 189 Å². The molecule has 1 unspecified atom stereocenters. The highest BCUT2D eigenvalue weighted by atomic mass is 32.2. The third-order valence-corrected chi connectivity index (χ3v) is 6.68. The van der Waals surface area contributed by atoms with Crippen molar-refractivity contribution >= 4 is 28.2 Å². The lowest BCUT2D eigenvalue weighted by atomic mass is 10.1. The highest BCUT2D eigenvalue weighted by Gasteiger charge is 2.19. The number of nitrogens with zero attached hydrogens (tertiary/aromatic N) is 4. The third kappa shape index (κ3) is 3.47. The Morgan fingerprint density at radius 3 is 2.59 bits per heavy atom. The van der Waals surface area contributed by atoms with Gasteiger partial charge in [0.05, 0.1) is 28.0 Å². The van der Waals surface area contributed by atoms with E-state index in [0.717, 1.165) is 16.6 Å². The molecule has 3 heterocycles. The van der Waals surface area contributed by atoms with Gasteiger partial charge in [-0.1, -0.05) is 60.3 Å². The molecule has 32 heavy (non-hydrogen) atoms. The van der Waals surface area contributed by atoms with Crippen molar-refractivity contribution in [3.63, 3.8) is 0 Å². The first-order valence-corrected chi connectivity index (χ1v) is 11.3. The van der Waals surface area contributed by atoms with Gasteiger partial charge in [0.25, 0.3) is 5.56 Å². The second-order valence-electron chi connectivity index (χ2n) is 7.60. The molecule has 0 bridgehead atoms. The van der Waals surface area contributed by atoms with Crippen molar-refractivity contribution in [1.82, 2.24) is 14.0 Å². The molecule has 5 nitrogen and oxygen atoms in total. The number of hydrogen-bond acceptors (Lipinski definition) is 4. The molecule has 0 radical (unpaired) electrons. The number of nitriles is 1. The van der Waals surface area contributed by atoms with Crippen molar-refractivity contribution in [3.8, 4) is 6.07 Å². The minimum atomic E-state index is -0.174. The maximum Gasteiger partial charge on any atom is 0.262 e. The predicted octanol–water partition coefficient (Wildman–Crippen LogP) is 5.42. The number of aromatic nitrogens is 3. The Morgan fingerprint density at radius 1 is 1.03 bits per heavy atom. The summed E-state index contributed by atoms with van der Waals surface area (Å²) in [5, 5.41) is 11.0. The van der Waals surface area contributed by atoms with Crippen LogP contribution in [-0.2, 0) is 5.75 Å². The first kappa shape index (κ1) is 20.1. The van der Waals surface area contributed by atoms with E-state index in [1.54, 1.807) is 4.57 Å². The van der Waals surface area contributed by atoms with Crippen LogP contribution in [0.1, 0.15) is 29.7 Å². The van der Waals surface area contributed by atoms with Gasteiger partial charge < -0.3 is 4.40 Å². The van der Waals surface area contributed by atoms with E-state index < -0.39 is 0 Å². The number of rotatable bonds is 5. The van der Waals surface area contributed by atoms with E-state index in [9.17, 15) is 10.1 Å². The van der Waals surface area contributed by atoms with E-state index in [-0.39, 0.29) is 11.6 Å². The van der Waals surface area contributed by atoms with Crippen LogP contribution < -0.4 is 5.56 Å². The summed E-state index contributed by atoms with van der Waals surface area (Å²) in [6, 6.07) is 25.4. The van der Waals surface area contributed by atoms with Crippen LogP contribution in [-0.4, -0.2) is 14.0 Å². The zero-order valence-electron chi connectivity index (χ0n) is 17.5. The monoisotopic (exact) mass is 436 g/mol. The number of fused-ring (bicyclic) bond motifs is 2. The summed E-state index contributed by atoms with van der Waals surface area (Å²) in [5.41, 5.74) is 4.12. The molecule has 0 amide bonds. The van der Waals surface area contributed by atoms with E-state index in [0.29, 0.717) is 27.4 Å². The fourth-order valence-corrected chi connectivity index (χ4v) is 5.05. The van der Waals surface area contributed by atoms with Gasteiger partial charge in [0, 0.05) is 18.1 Å². The van der Waals surface area contributed by atoms with E-state index in [1.165, 1.54) is 11.8 Å². The SMILES string of the molecule is CC(c1ccccc1)n1c(SCc2cn3ccccc3c2C#N)nc2ccccc2c1=O. The number of pyridine rings is 1.